The molecule has 0 radical (unpaired) electrons. The van der Waals surface area contributed by atoms with Gasteiger partial charge in [-0.15, -0.1) is 0 Å². The van der Waals surface area contributed by atoms with Crippen LogP contribution < -0.4 is 9.80 Å². The quantitative estimate of drug-likeness (QED) is 0.278. The first kappa shape index (κ1) is 30.4. The zero-order chi connectivity index (χ0) is 29.8. The second-order valence-corrected chi connectivity index (χ2v) is 13.3. The number of nitrogens with zero attached hydrogens (tertiary/aromatic N) is 6. The molecule has 0 spiro atoms. The van der Waals surface area contributed by atoms with E-state index in [2.05, 4.69) is 101 Å². The van der Waals surface area contributed by atoms with Gasteiger partial charge in [-0.2, -0.15) is 0 Å². The van der Waals surface area contributed by atoms with Gasteiger partial charge in [-0.1, -0.05) is 44.0 Å². The fraction of sp³-hybridized carbons (Fsp3) is 0.595. The van der Waals surface area contributed by atoms with Crippen LogP contribution >= 0.6 is 0 Å². The predicted molar refractivity (Wildman–Crippen MR) is 183 cm³/mol. The number of piperidine rings is 2. The Balaban J connectivity index is 1.14. The average molecular weight is 583 g/mol. The number of hydrogen-bond donors (Lipinski definition) is 0. The molecular weight excluding hydrogens is 528 g/mol. The normalized spacial score (nSPS) is 20.2. The van der Waals surface area contributed by atoms with Crippen LogP contribution in [0.3, 0.4) is 0 Å². The van der Waals surface area contributed by atoms with Gasteiger partial charge in [0.25, 0.3) is 0 Å². The molecular formula is C37H54N6. The molecule has 6 nitrogen and oxygen atoms in total. The number of anilines is 3. The standard InChI is InChI=1S/C37H54N6/c1-5-7-8-30-10-12-31(13-11-30)39(4)36-28-38-35-14-9-29(3)27-34(35)37(36)43-21-17-33(18-22-43)42-25-23-41(24-26-42)32-15-19-40(6-2)20-16-32/h9-14,27-28,32-33H,5-8,15-26H2,1-4H3. The second-order valence-electron chi connectivity index (χ2n) is 13.3. The van der Waals surface area contributed by atoms with Crippen molar-refractivity contribution in [2.24, 2.45) is 0 Å². The van der Waals surface area contributed by atoms with Gasteiger partial charge < -0.3 is 14.7 Å². The third-order valence-corrected chi connectivity index (χ3v) is 10.6. The number of rotatable bonds is 9. The molecule has 3 fully saturated rings. The summed E-state index contributed by atoms with van der Waals surface area (Å²) in [5.41, 5.74) is 7.60. The van der Waals surface area contributed by atoms with E-state index >= 15 is 0 Å². The number of pyridine rings is 1. The fourth-order valence-corrected chi connectivity index (χ4v) is 7.79. The van der Waals surface area contributed by atoms with Gasteiger partial charge in [-0.3, -0.25) is 14.8 Å². The summed E-state index contributed by atoms with van der Waals surface area (Å²) in [6.45, 7) is 17.7. The van der Waals surface area contributed by atoms with Crippen molar-refractivity contribution in [2.45, 2.75) is 77.8 Å². The molecule has 2 aromatic carbocycles. The fourth-order valence-electron chi connectivity index (χ4n) is 7.79. The third kappa shape index (κ3) is 6.87. The minimum absolute atomic E-state index is 0.701. The van der Waals surface area contributed by atoms with Crippen LogP contribution in [0.1, 0.15) is 63.5 Å². The van der Waals surface area contributed by atoms with Crippen LogP contribution in [-0.2, 0) is 6.42 Å². The van der Waals surface area contributed by atoms with E-state index in [1.807, 2.05) is 0 Å². The van der Waals surface area contributed by atoms with E-state index in [9.17, 15) is 0 Å². The maximum Gasteiger partial charge on any atom is 0.0839 e. The van der Waals surface area contributed by atoms with Gasteiger partial charge in [-0.25, -0.2) is 0 Å². The molecule has 3 aromatic rings. The first-order chi connectivity index (χ1) is 21.0. The smallest absolute Gasteiger partial charge is 0.0839 e. The summed E-state index contributed by atoms with van der Waals surface area (Å²) in [6.07, 6.45) is 10.9. The molecule has 4 heterocycles. The number of piperazine rings is 1. The van der Waals surface area contributed by atoms with Crippen molar-refractivity contribution in [1.82, 2.24) is 19.7 Å². The summed E-state index contributed by atoms with van der Waals surface area (Å²) in [4.78, 5) is 18.2. The maximum atomic E-state index is 4.94. The molecule has 0 saturated carbocycles. The SMILES string of the molecule is CCCCc1ccc(N(C)c2cnc3ccc(C)cc3c2N2CCC(N3CCN(C4CCN(CC)CC4)CC3)CC2)cc1. The van der Waals surface area contributed by atoms with Gasteiger partial charge in [0.15, 0.2) is 0 Å². The van der Waals surface area contributed by atoms with E-state index in [1.165, 1.54) is 118 Å². The van der Waals surface area contributed by atoms with E-state index < -0.39 is 0 Å². The van der Waals surface area contributed by atoms with Crippen LogP contribution in [-0.4, -0.2) is 97.7 Å². The molecule has 0 aliphatic carbocycles. The monoisotopic (exact) mass is 582 g/mol. The molecule has 6 heteroatoms. The lowest BCUT2D eigenvalue weighted by molar-refractivity contribution is 0.0384. The minimum Gasteiger partial charge on any atom is -0.369 e. The number of aromatic nitrogens is 1. The van der Waals surface area contributed by atoms with Crippen LogP contribution in [0, 0.1) is 6.92 Å². The summed E-state index contributed by atoms with van der Waals surface area (Å²) in [5.74, 6) is 0. The molecule has 0 atom stereocenters. The zero-order valence-electron chi connectivity index (χ0n) is 27.3. The van der Waals surface area contributed by atoms with Crippen molar-refractivity contribution in [1.29, 1.82) is 0 Å². The lowest BCUT2D eigenvalue weighted by atomic mass is 9.98. The van der Waals surface area contributed by atoms with Crippen molar-refractivity contribution >= 4 is 28.0 Å². The van der Waals surface area contributed by atoms with E-state index in [0.29, 0.717) is 6.04 Å². The largest absolute Gasteiger partial charge is 0.369 e. The van der Waals surface area contributed by atoms with Gasteiger partial charge in [0.1, 0.15) is 0 Å². The minimum atomic E-state index is 0.701. The van der Waals surface area contributed by atoms with Gasteiger partial charge in [0.2, 0.25) is 0 Å². The lowest BCUT2D eigenvalue weighted by Crippen LogP contribution is -2.56. The van der Waals surface area contributed by atoms with E-state index in [0.717, 1.165) is 31.1 Å². The first-order valence-electron chi connectivity index (χ1n) is 17.2. The molecule has 6 rings (SSSR count). The zero-order valence-corrected chi connectivity index (χ0v) is 27.3. The van der Waals surface area contributed by atoms with Crippen molar-refractivity contribution in [2.75, 3.05) is 75.8 Å². The van der Waals surface area contributed by atoms with Gasteiger partial charge in [0.05, 0.1) is 23.1 Å². The number of benzene rings is 2. The van der Waals surface area contributed by atoms with Crippen molar-refractivity contribution in [3.05, 3.63) is 59.8 Å². The molecule has 3 aliphatic rings. The highest BCUT2D eigenvalue weighted by atomic mass is 15.3. The topological polar surface area (TPSA) is 29.1 Å². The van der Waals surface area contributed by atoms with Gasteiger partial charge >= 0.3 is 0 Å². The third-order valence-electron chi connectivity index (χ3n) is 10.6. The molecule has 3 aliphatic heterocycles. The summed E-state index contributed by atoms with van der Waals surface area (Å²) in [7, 11) is 2.21. The summed E-state index contributed by atoms with van der Waals surface area (Å²) in [5, 5.41) is 1.28. The van der Waals surface area contributed by atoms with Crippen LogP contribution in [0.2, 0.25) is 0 Å². The van der Waals surface area contributed by atoms with Crippen molar-refractivity contribution < 1.29 is 0 Å². The summed E-state index contributed by atoms with van der Waals surface area (Å²) >= 11 is 0. The predicted octanol–water partition coefficient (Wildman–Crippen LogP) is 6.72. The highest BCUT2D eigenvalue weighted by molar-refractivity contribution is 5.99. The van der Waals surface area contributed by atoms with Crippen LogP contribution in [0.25, 0.3) is 10.9 Å². The number of unbranched alkanes of at least 4 members (excludes halogenated alkanes) is 1. The van der Waals surface area contributed by atoms with Crippen LogP contribution in [0.5, 0.6) is 0 Å². The number of likely N-dealkylation sites (tertiary alicyclic amines) is 1. The number of hydrogen-bond acceptors (Lipinski definition) is 6. The molecule has 0 bridgehead atoms. The highest BCUT2D eigenvalue weighted by Gasteiger charge is 2.32. The van der Waals surface area contributed by atoms with Gasteiger partial charge in [-0.05, 0) is 94.9 Å². The average Bonchev–Trinajstić information content (AvgIpc) is 3.07. The second kappa shape index (κ2) is 14.0. The Morgan fingerprint density at radius 1 is 0.791 bits per heavy atom. The Morgan fingerprint density at radius 2 is 1.42 bits per heavy atom. The summed E-state index contributed by atoms with van der Waals surface area (Å²) in [6, 6.07) is 17.4. The Morgan fingerprint density at radius 3 is 2.02 bits per heavy atom. The van der Waals surface area contributed by atoms with E-state index in [4.69, 9.17) is 4.98 Å². The summed E-state index contributed by atoms with van der Waals surface area (Å²) < 4.78 is 0. The number of fused-ring (bicyclic) bond motifs is 1. The van der Waals surface area contributed by atoms with E-state index in [-0.39, 0.29) is 0 Å². The molecule has 0 amide bonds. The molecule has 232 valence electrons. The molecule has 3 saturated heterocycles. The van der Waals surface area contributed by atoms with Crippen LogP contribution in [0.15, 0.2) is 48.7 Å². The molecule has 0 unspecified atom stereocenters. The Hall–Kier alpha value is -2.67. The van der Waals surface area contributed by atoms with Crippen LogP contribution in [0.4, 0.5) is 17.1 Å². The lowest BCUT2D eigenvalue weighted by Gasteiger charge is -2.46. The maximum absolute atomic E-state index is 4.94. The van der Waals surface area contributed by atoms with Crippen molar-refractivity contribution in [3.8, 4) is 0 Å². The van der Waals surface area contributed by atoms with Gasteiger partial charge in [0, 0.05) is 69.5 Å². The molecule has 43 heavy (non-hydrogen) atoms. The highest BCUT2D eigenvalue weighted by Crippen LogP contribution is 2.40. The van der Waals surface area contributed by atoms with Crippen molar-refractivity contribution in [3.63, 3.8) is 0 Å². The Labute approximate surface area is 260 Å². The number of aryl methyl sites for hydroxylation is 2. The van der Waals surface area contributed by atoms with E-state index in [1.54, 1.807) is 0 Å². The molecule has 1 aromatic heterocycles. The molecule has 0 N–H and O–H groups in total. The first-order valence-corrected chi connectivity index (χ1v) is 17.2. The Kier molecular flexibility index (Phi) is 9.86. The Bertz CT molecular complexity index is 1310.